The number of aryl methyl sites for hydroxylation is 1. The molecule has 0 atom stereocenters. The van der Waals surface area contributed by atoms with E-state index in [1.165, 1.54) is 22.5 Å². The average molecular weight is 431 g/mol. The zero-order chi connectivity index (χ0) is 17.7. The van der Waals surface area contributed by atoms with E-state index >= 15 is 0 Å². The third kappa shape index (κ3) is 2.97. The molecule has 24 heavy (non-hydrogen) atoms. The van der Waals surface area contributed by atoms with Crippen LogP contribution in [0.15, 0.2) is 50.7 Å². The summed E-state index contributed by atoms with van der Waals surface area (Å²) < 4.78 is 50.9. The Bertz CT molecular complexity index is 1030. The Morgan fingerprint density at radius 1 is 1.08 bits per heavy atom. The van der Waals surface area contributed by atoms with E-state index in [1.807, 2.05) is 0 Å². The van der Waals surface area contributed by atoms with Crippen LogP contribution in [0.2, 0.25) is 0 Å². The van der Waals surface area contributed by atoms with Gasteiger partial charge in [0, 0.05) is 11.0 Å². The van der Waals surface area contributed by atoms with Crippen LogP contribution in [0.4, 0.5) is 5.69 Å². The van der Waals surface area contributed by atoms with Crippen LogP contribution in [0.25, 0.3) is 0 Å². The number of hydrogen-bond acceptors (Lipinski definition) is 4. The lowest BCUT2D eigenvalue weighted by Gasteiger charge is -2.21. The molecule has 1 heterocycles. The second kappa shape index (κ2) is 5.83. The summed E-state index contributed by atoms with van der Waals surface area (Å²) in [6.07, 6.45) is 0.435. The van der Waals surface area contributed by atoms with Gasteiger partial charge in [0.15, 0.2) is 0 Å². The molecule has 2 N–H and O–H groups in total. The highest BCUT2D eigenvalue weighted by atomic mass is 79.9. The van der Waals surface area contributed by atoms with Crippen LogP contribution < -0.4 is 9.44 Å². The van der Waals surface area contributed by atoms with Gasteiger partial charge in [0.25, 0.3) is 10.0 Å². The largest absolute Gasteiger partial charge is 0.266 e. The molecule has 0 amide bonds. The number of rotatable bonds is 3. The number of anilines is 1. The molecule has 2 aromatic rings. The van der Waals surface area contributed by atoms with Crippen LogP contribution in [0.1, 0.15) is 11.1 Å². The van der Waals surface area contributed by atoms with Crippen molar-refractivity contribution in [2.24, 2.45) is 5.14 Å². The summed E-state index contributed by atoms with van der Waals surface area (Å²) in [5.41, 5.74) is 1.78. The van der Waals surface area contributed by atoms with Crippen LogP contribution in [-0.4, -0.2) is 23.4 Å². The van der Waals surface area contributed by atoms with Crippen molar-refractivity contribution in [1.29, 1.82) is 0 Å². The topological polar surface area (TPSA) is 97.5 Å². The molecule has 0 saturated carbocycles. The molecule has 1 aliphatic rings. The predicted octanol–water partition coefficient (Wildman–Crippen LogP) is 2.16. The van der Waals surface area contributed by atoms with E-state index in [-0.39, 0.29) is 16.3 Å². The Labute approximate surface area is 149 Å². The first kappa shape index (κ1) is 17.4. The minimum Gasteiger partial charge on any atom is -0.266 e. The van der Waals surface area contributed by atoms with E-state index in [0.717, 1.165) is 0 Å². The standard InChI is InChI=1S/C15H15BrN2O4S2/c1-10-2-3-12(16)9-15(10)24(21,22)18-7-6-11-8-13(23(17,19)20)4-5-14(11)18/h2-5,8-9H,6-7H2,1H3,(H2,17,19,20). The van der Waals surface area contributed by atoms with Crippen LogP contribution >= 0.6 is 15.9 Å². The Kier molecular flexibility index (Phi) is 4.23. The number of fused-ring (bicyclic) bond motifs is 1. The molecular weight excluding hydrogens is 416 g/mol. The molecule has 3 rings (SSSR count). The molecule has 0 fully saturated rings. The average Bonchev–Trinajstić information content (AvgIpc) is 2.92. The molecule has 0 aromatic heterocycles. The number of primary sulfonamides is 1. The Morgan fingerprint density at radius 3 is 2.46 bits per heavy atom. The number of benzene rings is 2. The highest BCUT2D eigenvalue weighted by molar-refractivity contribution is 9.10. The molecule has 0 spiro atoms. The maximum Gasteiger partial charge on any atom is 0.264 e. The highest BCUT2D eigenvalue weighted by Crippen LogP contribution is 2.35. The first-order valence-electron chi connectivity index (χ1n) is 7.05. The summed E-state index contributed by atoms with van der Waals surface area (Å²) in [6.45, 7) is 2.00. The number of nitrogens with zero attached hydrogens (tertiary/aromatic N) is 1. The SMILES string of the molecule is Cc1ccc(Br)cc1S(=O)(=O)N1CCc2cc(S(N)(=O)=O)ccc21. The van der Waals surface area contributed by atoms with Crippen molar-refractivity contribution in [3.63, 3.8) is 0 Å². The smallest absolute Gasteiger partial charge is 0.264 e. The van der Waals surface area contributed by atoms with E-state index in [9.17, 15) is 16.8 Å². The summed E-state index contributed by atoms with van der Waals surface area (Å²) in [7, 11) is -7.55. The van der Waals surface area contributed by atoms with Gasteiger partial charge in [0.2, 0.25) is 10.0 Å². The lowest BCUT2D eigenvalue weighted by Crippen LogP contribution is -2.29. The van der Waals surface area contributed by atoms with Gasteiger partial charge in [-0.2, -0.15) is 0 Å². The Morgan fingerprint density at radius 2 is 1.79 bits per heavy atom. The van der Waals surface area contributed by atoms with E-state index in [1.54, 1.807) is 25.1 Å². The van der Waals surface area contributed by atoms with Gasteiger partial charge in [-0.05, 0) is 54.8 Å². The lowest BCUT2D eigenvalue weighted by molar-refractivity contribution is 0.591. The van der Waals surface area contributed by atoms with E-state index < -0.39 is 20.0 Å². The van der Waals surface area contributed by atoms with Crippen molar-refractivity contribution in [3.05, 3.63) is 52.0 Å². The molecule has 0 radical (unpaired) electrons. The first-order chi connectivity index (χ1) is 11.1. The zero-order valence-corrected chi connectivity index (χ0v) is 15.9. The van der Waals surface area contributed by atoms with Crippen LogP contribution in [0.5, 0.6) is 0 Å². The van der Waals surface area contributed by atoms with Crippen LogP contribution in [0, 0.1) is 6.92 Å². The molecule has 0 unspecified atom stereocenters. The van der Waals surface area contributed by atoms with E-state index in [2.05, 4.69) is 15.9 Å². The predicted molar refractivity (Wildman–Crippen MR) is 94.9 cm³/mol. The zero-order valence-electron chi connectivity index (χ0n) is 12.7. The second-order valence-electron chi connectivity index (χ2n) is 5.57. The minimum absolute atomic E-state index is 0.0147. The van der Waals surface area contributed by atoms with Crippen molar-refractivity contribution < 1.29 is 16.8 Å². The monoisotopic (exact) mass is 430 g/mol. The lowest BCUT2D eigenvalue weighted by atomic mass is 10.2. The summed E-state index contributed by atoms with van der Waals surface area (Å²) >= 11 is 3.30. The van der Waals surface area contributed by atoms with Crippen LogP contribution in [0.3, 0.4) is 0 Å². The molecule has 2 aromatic carbocycles. The molecule has 1 aliphatic heterocycles. The van der Waals surface area contributed by atoms with Crippen molar-refractivity contribution in [2.45, 2.75) is 23.1 Å². The fraction of sp³-hybridized carbons (Fsp3) is 0.200. The van der Waals surface area contributed by atoms with Crippen molar-refractivity contribution in [3.8, 4) is 0 Å². The Hall–Kier alpha value is -1.42. The van der Waals surface area contributed by atoms with Gasteiger partial charge in [-0.1, -0.05) is 22.0 Å². The number of hydrogen-bond donors (Lipinski definition) is 1. The maximum absolute atomic E-state index is 13.0. The second-order valence-corrected chi connectivity index (χ2v) is 9.88. The molecule has 0 bridgehead atoms. The maximum atomic E-state index is 13.0. The molecule has 0 saturated heterocycles. The first-order valence-corrected chi connectivity index (χ1v) is 10.8. The third-order valence-corrected chi connectivity index (χ3v) is 7.31. The van der Waals surface area contributed by atoms with Gasteiger partial charge >= 0.3 is 0 Å². The van der Waals surface area contributed by atoms with Gasteiger partial charge in [0.1, 0.15) is 0 Å². The van der Waals surface area contributed by atoms with Crippen molar-refractivity contribution in [1.82, 2.24) is 0 Å². The van der Waals surface area contributed by atoms with Gasteiger partial charge in [-0.25, -0.2) is 22.0 Å². The molecule has 0 aliphatic carbocycles. The highest BCUT2D eigenvalue weighted by Gasteiger charge is 2.32. The Balaban J connectivity index is 2.09. The number of sulfonamides is 2. The van der Waals surface area contributed by atoms with Gasteiger partial charge in [-0.3, -0.25) is 4.31 Å². The molecular formula is C15H15BrN2O4S2. The van der Waals surface area contributed by atoms with Crippen molar-refractivity contribution >= 4 is 41.7 Å². The fourth-order valence-electron chi connectivity index (χ4n) is 2.75. The summed E-state index contributed by atoms with van der Waals surface area (Å²) in [4.78, 5) is 0.208. The summed E-state index contributed by atoms with van der Waals surface area (Å²) in [5, 5.41) is 5.13. The van der Waals surface area contributed by atoms with Crippen molar-refractivity contribution in [2.75, 3.05) is 10.8 Å². The third-order valence-electron chi connectivity index (χ3n) is 3.95. The van der Waals surface area contributed by atoms with Crippen LogP contribution in [-0.2, 0) is 26.5 Å². The summed E-state index contributed by atoms with van der Waals surface area (Å²) in [6, 6.07) is 9.35. The number of halogens is 1. The quantitative estimate of drug-likeness (QED) is 0.806. The number of nitrogens with two attached hydrogens (primary N) is 1. The van der Waals surface area contributed by atoms with Gasteiger partial charge in [-0.15, -0.1) is 0 Å². The molecule has 6 nitrogen and oxygen atoms in total. The van der Waals surface area contributed by atoms with E-state index in [0.29, 0.717) is 27.7 Å². The van der Waals surface area contributed by atoms with Gasteiger partial charge in [0.05, 0.1) is 15.5 Å². The molecule has 128 valence electrons. The summed E-state index contributed by atoms with van der Waals surface area (Å²) in [5.74, 6) is 0. The van der Waals surface area contributed by atoms with E-state index in [4.69, 9.17) is 5.14 Å². The molecule has 9 heteroatoms. The van der Waals surface area contributed by atoms with Gasteiger partial charge < -0.3 is 0 Å². The fourth-order valence-corrected chi connectivity index (χ4v) is 5.58. The normalized spacial score (nSPS) is 14.7. The minimum atomic E-state index is -3.82.